The summed E-state index contributed by atoms with van der Waals surface area (Å²) < 4.78 is 41.4. The van der Waals surface area contributed by atoms with Gasteiger partial charge in [-0.15, -0.1) is 0 Å². The van der Waals surface area contributed by atoms with Crippen LogP contribution in [0, 0.1) is 32.6 Å². The van der Waals surface area contributed by atoms with Crippen molar-refractivity contribution in [2.24, 2.45) is 0 Å². The lowest BCUT2D eigenvalue weighted by Crippen LogP contribution is -2.09. The molecule has 0 amide bonds. The summed E-state index contributed by atoms with van der Waals surface area (Å²) in [6.07, 6.45) is -2.86. The van der Waals surface area contributed by atoms with E-state index >= 15 is 0 Å². The van der Waals surface area contributed by atoms with Crippen molar-refractivity contribution >= 4 is 11.6 Å². The van der Waals surface area contributed by atoms with Crippen molar-refractivity contribution in [2.45, 2.75) is 26.9 Å². The summed E-state index contributed by atoms with van der Waals surface area (Å²) in [5.41, 5.74) is 1.75. The van der Waals surface area contributed by atoms with Crippen molar-refractivity contribution in [1.29, 1.82) is 0 Å². The number of halogens is 4. The Kier molecular flexibility index (Phi) is 4.99. The molecule has 0 aliphatic heterocycles. The third kappa shape index (κ3) is 3.99. The van der Waals surface area contributed by atoms with Crippen LogP contribution in [0.4, 0.5) is 13.2 Å². The molecule has 138 valence electrons. The van der Waals surface area contributed by atoms with Crippen LogP contribution in [0.2, 0.25) is 5.15 Å². The van der Waals surface area contributed by atoms with Gasteiger partial charge in [-0.2, -0.15) is 13.2 Å². The van der Waals surface area contributed by atoms with E-state index in [4.69, 9.17) is 11.6 Å². The standard InChI is InChI=1S/C20H15ClF3N3/c1-12-4-6-16(11-17(12)20(22,23)24)27-13(2)18(26-14(27)3)7-5-15-8-9-25-19(21)10-15/h4,6,8-11H,1-3H3. The van der Waals surface area contributed by atoms with Gasteiger partial charge in [0.1, 0.15) is 16.7 Å². The van der Waals surface area contributed by atoms with Gasteiger partial charge in [0.15, 0.2) is 0 Å². The second kappa shape index (κ2) is 7.09. The molecule has 0 bridgehead atoms. The third-order valence-corrected chi connectivity index (χ3v) is 4.32. The van der Waals surface area contributed by atoms with Crippen molar-refractivity contribution in [1.82, 2.24) is 14.5 Å². The zero-order valence-electron chi connectivity index (χ0n) is 14.8. The minimum Gasteiger partial charge on any atom is -0.300 e. The second-order valence-electron chi connectivity index (χ2n) is 6.04. The van der Waals surface area contributed by atoms with Crippen LogP contribution in [0.15, 0.2) is 36.5 Å². The fraction of sp³-hybridized carbons (Fsp3) is 0.200. The first kappa shape index (κ1) is 19.0. The number of aryl methyl sites for hydroxylation is 2. The lowest BCUT2D eigenvalue weighted by atomic mass is 10.1. The van der Waals surface area contributed by atoms with Gasteiger partial charge in [0.2, 0.25) is 0 Å². The molecule has 0 saturated carbocycles. The molecule has 0 N–H and O–H groups in total. The fourth-order valence-electron chi connectivity index (χ4n) is 2.81. The monoisotopic (exact) mass is 389 g/mol. The van der Waals surface area contributed by atoms with Gasteiger partial charge in [-0.25, -0.2) is 9.97 Å². The first-order valence-corrected chi connectivity index (χ1v) is 8.42. The number of hydrogen-bond acceptors (Lipinski definition) is 2. The highest BCUT2D eigenvalue weighted by molar-refractivity contribution is 6.29. The molecule has 0 saturated heterocycles. The van der Waals surface area contributed by atoms with Gasteiger partial charge >= 0.3 is 6.18 Å². The van der Waals surface area contributed by atoms with E-state index in [-0.39, 0.29) is 5.56 Å². The predicted molar refractivity (Wildman–Crippen MR) is 98.0 cm³/mol. The second-order valence-corrected chi connectivity index (χ2v) is 6.43. The van der Waals surface area contributed by atoms with Gasteiger partial charge in [-0.05, 0) is 56.5 Å². The summed E-state index contributed by atoms with van der Waals surface area (Å²) in [4.78, 5) is 8.29. The molecule has 2 aromatic heterocycles. The van der Waals surface area contributed by atoms with E-state index in [1.54, 1.807) is 42.8 Å². The Balaban J connectivity index is 2.05. The molecule has 0 unspecified atom stereocenters. The minimum atomic E-state index is -4.41. The van der Waals surface area contributed by atoms with Gasteiger partial charge in [0.25, 0.3) is 0 Å². The van der Waals surface area contributed by atoms with Crippen LogP contribution < -0.4 is 0 Å². The molecule has 1 aromatic carbocycles. The molecule has 3 aromatic rings. The molecule has 2 heterocycles. The predicted octanol–water partition coefficient (Wildman–Crippen LogP) is 5.26. The summed E-state index contributed by atoms with van der Waals surface area (Å²) in [5, 5.41) is 0.333. The van der Waals surface area contributed by atoms with E-state index < -0.39 is 11.7 Å². The average Bonchev–Trinajstić information content (AvgIpc) is 2.87. The zero-order valence-corrected chi connectivity index (χ0v) is 15.6. The van der Waals surface area contributed by atoms with Crippen molar-refractivity contribution in [3.8, 4) is 17.5 Å². The van der Waals surface area contributed by atoms with Gasteiger partial charge in [0.05, 0.1) is 11.3 Å². The number of aromatic nitrogens is 3. The number of pyridine rings is 1. The molecule has 0 aliphatic carbocycles. The van der Waals surface area contributed by atoms with Gasteiger partial charge < -0.3 is 0 Å². The summed E-state index contributed by atoms with van der Waals surface area (Å²) in [6, 6.07) is 7.58. The highest BCUT2D eigenvalue weighted by Crippen LogP contribution is 2.33. The Labute approximate surface area is 159 Å². The fourth-order valence-corrected chi connectivity index (χ4v) is 2.98. The van der Waals surface area contributed by atoms with Crippen LogP contribution in [-0.2, 0) is 6.18 Å². The van der Waals surface area contributed by atoms with Crippen molar-refractivity contribution in [3.05, 3.63) is 75.6 Å². The third-order valence-electron chi connectivity index (χ3n) is 4.11. The molecule has 0 radical (unpaired) electrons. The topological polar surface area (TPSA) is 30.7 Å². The Morgan fingerprint density at radius 1 is 1.04 bits per heavy atom. The molecule has 0 aliphatic rings. The van der Waals surface area contributed by atoms with E-state index in [0.29, 0.717) is 33.6 Å². The van der Waals surface area contributed by atoms with Gasteiger partial charge in [-0.3, -0.25) is 4.57 Å². The molecule has 0 spiro atoms. The minimum absolute atomic E-state index is 0.177. The average molecular weight is 390 g/mol. The number of alkyl halides is 3. The lowest BCUT2D eigenvalue weighted by Gasteiger charge is -2.14. The number of benzene rings is 1. The molecule has 3 rings (SSSR count). The maximum absolute atomic E-state index is 13.2. The summed E-state index contributed by atoms with van der Waals surface area (Å²) in [7, 11) is 0. The maximum atomic E-state index is 13.2. The van der Waals surface area contributed by atoms with E-state index in [0.717, 1.165) is 6.07 Å². The molecule has 3 nitrogen and oxygen atoms in total. The molecule has 27 heavy (non-hydrogen) atoms. The van der Waals surface area contributed by atoms with Crippen molar-refractivity contribution in [3.63, 3.8) is 0 Å². The quantitative estimate of drug-likeness (QED) is 0.419. The smallest absolute Gasteiger partial charge is 0.300 e. The van der Waals surface area contributed by atoms with E-state index in [2.05, 4.69) is 21.8 Å². The molecular weight excluding hydrogens is 375 g/mol. The first-order chi connectivity index (χ1) is 12.7. The van der Waals surface area contributed by atoms with Crippen LogP contribution in [0.3, 0.4) is 0 Å². The molecule has 0 atom stereocenters. The lowest BCUT2D eigenvalue weighted by molar-refractivity contribution is -0.138. The largest absolute Gasteiger partial charge is 0.416 e. The van der Waals surface area contributed by atoms with Gasteiger partial charge in [0, 0.05) is 17.4 Å². The number of nitrogens with zero attached hydrogens (tertiary/aromatic N) is 3. The maximum Gasteiger partial charge on any atom is 0.416 e. The SMILES string of the molecule is Cc1ccc(-n2c(C)nc(C#Cc3ccnc(Cl)c3)c2C)cc1C(F)(F)F. The number of imidazole rings is 1. The Bertz CT molecular complexity index is 1070. The van der Waals surface area contributed by atoms with Crippen LogP contribution in [-0.4, -0.2) is 14.5 Å². The van der Waals surface area contributed by atoms with E-state index in [1.807, 2.05) is 0 Å². The van der Waals surface area contributed by atoms with Gasteiger partial charge in [-0.1, -0.05) is 23.6 Å². The highest BCUT2D eigenvalue weighted by Gasteiger charge is 2.32. The summed E-state index contributed by atoms with van der Waals surface area (Å²) in [5.74, 6) is 6.46. The molecular formula is C20H15ClF3N3. The van der Waals surface area contributed by atoms with Crippen molar-refractivity contribution < 1.29 is 13.2 Å². The molecule has 7 heteroatoms. The molecule has 0 fully saturated rings. The summed E-state index contributed by atoms with van der Waals surface area (Å²) >= 11 is 5.84. The van der Waals surface area contributed by atoms with Crippen LogP contribution in [0.25, 0.3) is 5.69 Å². The first-order valence-electron chi connectivity index (χ1n) is 8.04. The van der Waals surface area contributed by atoms with E-state index in [9.17, 15) is 13.2 Å². The normalized spacial score (nSPS) is 11.2. The Morgan fingerprint density at radius 3 is 2.44 bits per heavy atom. The van der Waals surface area contributed by atoms with Crippen molar-refractivity contribution in [2.75, 3.05) is 0 Å². The zero-order chi connectivity index (χ0) is 19.8. The highest BCUT2D eigenvalue weighted by atomic mass is 35.5. The van der Waals surface area contributed by atoms with E-state index in [1.165, 1.54) is 13.0 Å². The van der Waals surface area contributed by atoms with Crippen LogP contribution >= 0.6 is 11.6 Å². The van der Waals surface area contributed by atoms with Crippen LogP contribution in [0.1, 0.15) is 33.9 Å². The Hall–Kier alpha value is -2.78. The Morgan fingerprint density at radius 2 is 1.78 bits per heavy atom. The number of rotatable bonds is 1. The number of hydrogen-bond donors (Lipinski definition) is 0. The summed E-state index contributed by atoms with van der Waals surface area (Å²) in [6.45, 7) is 4.95. The van der Waals surface area contributed by atoms with Crippen LogP contribution in [0.5, 0.6) is 0 Å².